The van der Waals surface area contributed by atoms with Crippen LogP contribution in [0.3, 0.4) is 0 Å². The van der Waals surface area contributed by atoms with Crippen LogP contribution >= 0.6 is 0 Å². The molecule has 4 rings (SSSR count). The van der Waals surface area contributed by atoms with Crippen molar-refractivity contribution in [3.05, 3.63) is 16.8 Å². The van der Waals surface area contributed by atoms with Gasteiger partial charge in [-0.1, -0.05) is 38.5 Å². The number of hydrogen-bond acceptors (Lipinski definition) is 4. The van der Waals surface area contributed by atoms with Crippen LogP contribution in [0.25, 0.3) is 0 Å². The molecular weight excluding hydrogens is 426 g/mol. The molecule has 0 spiro atoms. The summed E-state index contributed by atoms with van der Waals surface area (Å²) in [5, 5.41) is 16.2. The topological polar surface area (TPSA) is 90.2 Å². The lowest BCUT2D eigenvalue weighted by molar-refractivity contribution is -0.127. The first-order valence-corrected chi connectivity index (χ1v) is 13.4. The summed E-state index contributed by atoms with van der Waals surface area (Å²) in [6.45, 7) is 5.97. The Hall–Kier alpha value is -2.33. The molecule has 7 nitrogen and oxygen atoms in total. The number of likely N-dealkylation sites (tertiary alicyclic amines) is 1. The number of aromatic nitrogens is 1. The highest BCUT2D eigenvalue weighted by Crippen LogP contribution is 2.36. The molecule has 34 heavy (non-hydrogen) atoms. The number of rotatable bonds is 6. The van der Waals surface area contributed by atoms with Gasteiger partial charge in [0.05, 0.1) is 12.1 Å². The molecule has 1 aromatic heterocycles. The highest BCUT2D eigenvalue weighted by atomic mass is 16.2. The van der Waals surface area contributed by atoms with E-state index in [1.54, 1.807) is 0 Å². The predicted molar refractivity (Wildman–Crippen MR) is 134 cm³/mol. The maximum Gasteiger partial charge on any atom is 0.239 e. The molecule has 0 bridgehead atoms. The minimum absolute atomic E-state index is 0.0595. The number of carbonyl (C=O) groups is 2. The summed E-state index contributed by atoms with van der Waals surface area (Å²) >= 11 is 0. The Bertz CT molecular complexity index is 910. The van der Waals surface area contributed by atoms with Crippen molar-refractivity contribution in [2.45, 2.75) is 103 Å². The van der Waals surface area contributed by atoms with E-state index in [0.717, 1.165) is 62.9 Å². The minimum atomic E-state index is -0.0595. The molecule has 2 aliphatic carbocycles. The quantitative estimate of drug-likeness (QED) is 0.641. The summed E-state index contributed by atoms with van der Waals surface area (Å²) in [5.41, 5.74) is 2.66. The Kier molecular flexibility index (Phi) is 8.31. The van der Waals surface area contributed by atoms with E-state index in [2.05, 4.69) is 33.1 Å². The standard InChI is InChI=1S/C27H41N5O2/c1-19-20(2)32(23-11-7-4-8-12-23)26(24(19)17-28)30-25(33)18-31-15-13-22(14-16-31)29-27(34)21-9-5-3-6-10-21/h21-23H,3-16,18H2,1-2H3,(H,29,34)(H,30,33). The lowest BCUT2D eigenvalue weighted by Crippen LogP contribution is -2.48. The third-order valence-corrected chi connectivity index (χ3v) is 8.34. The Labute approximate surface area is 204 Å². The van der Waals surface area contributed by atoms with Crippen LogP contribution in [-0.2, 0) is 9.59 Å². The van der Waals surface area contributed by atoms with Crippen LogP contribution in [-0.4, -0.2) is 47.0 Å². The van der Waals surface area contributed by atoms with Crippen molar-refractivity contribution in [2.75, 3.05) is 25.0 Å². The van der Waals surface area contributed by atoms with Gasteiger partial charge in [0.25, 0.3) is 0 Å². The van der Waals surface area contributed by atoms with Crippen LogP contribution in [0, 0.1) is 31.1 Å². The van der Waals surface area contributed by atoms with Crippen molar-refractivity contribution in [2.24, 2.45) is 5.92 Å². The van der Waals surface area contributed by atoms with Crippen molar-refractivity contribution in [1.29, 1.82) is 5.26 Å². The second kappa shape index (κ2) is 11.4. The number of nitriles is 1. The molecule has 0 aromatic carbocycles. The molecule has 2 N–H and O–H groups in total. The van der Waals surface area contributed by atoms with Gasteiger partial charge in [-0.3, -0.25) is 14.5 Å². The molecule has 7 heteroatoms. The number of anilines is 1. The Morgan fingerprint density at radius 1 is 0.941 bits per heavy atom. The zero-order valence-electron chi connectivity index (χ0n) is 21.0. The summed E-state index contributed by atoms with van der Waals surface area (Å²) < 4.78 is 2.22. The zero-order chi connectivity index (χ0) is 24.1. The van der Waals surface area contributed by atoms with Crippen LogP contribution in [0.1, 0.15) is 99.9 Å². The van der Waals surface area contributed by atoms with Gasteiger partial charge in [0.15, 0.2) is 0 Å². The van der Waals surface area contributed by atoms with E-state index in [1.807, 2.05) is 6.92 Å². The zero-order valence-corrected chi connectivity index (χ0v) is 21.0. The van der Waals surface area contributed by atoms with Gasteiger partial charge < -0.3 is 15.2 Å². The number of amides is 2. The van der Waals surface area contributed by atoms with Crippen molar-refractivity contribution in [3.8, 4) is 6.07 Å². The smallest absolute Gasteiger partial charge is 0.239 e. The number of nitrogens with zero attached hydrogens (tertiary/aromatic N) is 3. The van der Waals surface area contributed by atoms with Gasteiger partial charge in [0, 0.05) is 36.8 Å². The fraction of sp³-hybridized carbons (Fsp3) is 0.741. The average molecular weight is 468 g/mol. The first-order chi connectivity index (χ1) is 16.5. The number of hydrogen-bond donors (Lipinski definition) is 2. The van der Waals surface area contributed by atoms with Crippen molar-refractivity contribution < 1.29 is 9.59 Å². The lowest BCUT2D eigenvalue weighted by Gasteiger charge is -2.33. The predicted octanol–water partition coefficient (Wildman–Crippen LogP) is 4.58. The van der Waals surface area contributed by atoms with Crippen molar-refractivity contribution in [1.82, 2.24) is 14.8 Å². The van der Waals surface area contributed by atoms with Gasteiger partial charge in [0.2, 0.25) is 11.8 Å². The fourth-order valence-corrected chi connectivity index (χ4v) is 6.18. The van der Waals surface area contributed by atoms with Gasteiger partial charge in [-0.25, -0.2) is 0 Å². The van der Waals surface area contributed by atoms with Crippen LogP contribution in [0.5, 0.6) is 0 Å². The Morgan fingerprint density at radius 3 is 2.18 bits per heavy atom. The first kappa shape index (κ1) is 24.8. The fourth-order valence-electron chi connectivity index (χ4n) is 6.18. The summed E-state index contributed by atoms with van der Waals surface area (Å²) in [6, 6.07) is 2.91. The largest absolute Gasteiger partial charge is 0.353 e. The molecule has 3 aliphatic rings. The Balaban J connectivity index is 1.32. The molecule has 2 amide bonds. The van der Waals surface area contributed by atoms with E-state index in [-0.39, 0.29) is 23.8 Å². The first-order valence-electron chi connectivity index (χ1n) is 13.4. The molecule has 2 saturated carbocycles. The second-order valence-electron chi connectivity index (χ2n) is 10.6. The number of piperidine rings is 1. The summed E-state index contributed by atoms with van der Waals surface area (Å²) in [7, 11) is 0. The minimum Gasteiger partial charge on any atom is -0.353 e. The van der Waals surface area contributed by atoms with E-state index >= 15 is 0 Å². The van der Waals surface area contributed by atoms with Crippen molar-refractivity contribution in [3.63, 3.8) is 0 Å². The highest BCUT2D eigenvalue weighted by molar-refractivity contribution is 5.93. The van der Waals surface area contributed by atoms with Gasteiger partial charge in [-0.05, 0) is 57.9 Å². The SMILES string of the molecule is Cc1c(C#N)c(NC(=O)CN2CCC(NC(=O)C3CCCCC3)CC2)n(C2CCCCC2)c1C. The number of carbonyl (C=O) groups excluding carboxylic acids is 2. The molecule has 2 heterocycles. The van der Waals surface area contributed by atoms with E-state index < -0.39 is 0 Å². The third-order valence-electron chi connectivity index (χ3n) is 8.34. The summed E-state index contributed by atoms with van der Waals surface area (Å²) in [4.78, 5) is 27.8. The highest BCUT2D eigenvalue weighted by Gasteiger charge is 2.28. The maximum atomic E-state index is 13.0. The van der Waals surface area contributed by atoms with Gasteiger partial charge in [0.1, 0.15) is 11.9 Å². The monoisotopic (exact) mass is 467 g/mol. The number of nitrogens with one attached hydrogen (secondary N) is 2. The third kappa shape index (κ3) is 5.66. The van der Waals surface area contributed by atoms with E-state index in [9.17, 15) is 14.9 Å². The lowest BCUT2D eigenvalue weighted by atomic mass is 9.88. The normalized spacial score (nSPS) is 21.2. The average Bonchev–Trinajstić information content (AvgIpc) is 3.09. The van der Waals surface area contributed by atoms with Gasteiger partial charge in [-0.15, -0.1) is 0 Å². The molecule has 0 radical (unpaired) electrons. The Morgan fingerprint density at radius 2 is 1.56 bits per heavy atom. The van der Waals surface area contributed by atoms with Crippen molar-refractivity contribution >= 4 is 17.6 Å². The summed E-state index contributed by atoms with van der Waals surface area (Å²) in [5.74, 6) is 1.05. The van der Waals surface area contributed by atoms with Gasteiger partial charge in [-0.2, -0.15) is 5.26 Å². The van der Waals surface area contributed by atoms with Gasteiger partial charge >= 0.3 is 0 Å². The van der Waals surface area contributed by atoms with Crippen LogP contribution < -0.4 is 10.6 Å². The summed E-state index contributed by atoms with van der Waals surface area (Å²) in [6.07, 6.45) is 13.3. The van der Waals surface area contributed by atoms with E-state index in [0.29, 0.717) is 24.0 Å². The van der Waals surface area contributed by atoms with E-state index in [4.69, 9.17) is 0 Å². The molecule has 0 unspecified atom stereocenters. The molecule has 3 fully saturated rings. The molecule has 0 atom stereocenters. The molecular formula is C27H41N5O2. The maximum absolute atomic E-state index is 13.0. The molecule has 1 saturated heterocycles. The molecule has 1 aliphatic heterocycles. The van der Waals surface area contributed by atoms with Crippen LogP contribution in [0.15, 0.2) is 0 Å². The second-order valence-corrected chi connectivity index (χ2v) is 10.6. The van der Waals surface area contributed by atoms with E-state index in [1.165, 1.54) is 38.5 Å². The van der Waals surface area contributed by atoms with Crippen LogP contribution in [0.2, 0.25) is 0 Å². The molecule has 1 aromatic rings. The molecule has 186 valence electrons. The van der Waals surface area contributed by atoms with Crippen LogP contribution in [0.4, 0.5) is 5.82 Å².